The third-order valence-electron chi connectivity index (χ3n) is 2.83. The smallest absolute Gasteiger partial charge is 0.281 e. The Bertz CT molecular complexity index is 889. The Morgan fingerprint density at radius 1 is 1.21 bits per heavy atom. The summed E-state index contributed by atoms with van der Waals surface area (Å²) in [5.41, 5.74) is 0.405. The number of nitrogens with zero attached hydrogens (tertiary/aromatic N) is 1. The van der Waals surface area contributed by atoms with Crippen molar-refractivity contribution < 1.29 is 22.7 Å². The summed E-state index contributed by atoms with van der Waals surface area (Å²) in [4.78, 5) is 11.7. The van der Waals surface area contributed by atoms with Gasteiger partial charge in [-0.1, -0.05) is 0 Å². The lowest BCUT2D eigenvalue weighted by Gasteiger charge is -2.06. The van der Waals surface area contributed by atoms with Crippen LogP contribution in [0.2, 0.25) is 0 Å². The number of nitrogens with one attached hydrogen (secondary N) is 1. The molecule has 24 heavy (non-hydrogen) atoms. The van der Waals surface area contributed by atoms with Crippen LogP contribution >= 0.6 is 0 Å². The molecule has 0 aliphatic carbocycles. The molecule has 0 bridgehead atoms. The van der Waals surface area contributed by atoms with Gasteiger partial charge >= 0.3 is 0 Å². The summed E-state index contributed by atoms with van der Waals surface area (Å²) >= 11 is 0. The molecule has 1 aromatic carbocycles. The molecule has 0 radical (unpaired) electrons. The number of anilines is 1. The van der Waals surface area contributed by atoms with Crippen LogP contribution in [0.3, 0.4) is 0 Å². The quantitative estimate of drug-likeness (QED) is 0.503. The summed E-state index contributed by atoms with van der Waals surface area (Å²) in [7, 11) is -4.01. The molecule has 7 nitrogen and oxygen atoms in total. The fraction of sp³-hybridized carbons (Fsp3) is 0.125. The number of hydrogen-bond acceptors (Lipinski definition) is 5. The van der Waals surface area contributed by atoms with Gasteiger partial charge in [-0.15, -0.1) is 0 Å². The molecule has 1 aromatic heterocycles. The zero-order valence-electron chi connectivity index (χ0n) is 13.0. The molecule has 0 aliphatic rings. The van der Waals surface area contributed by atoms with Crippen molar-refractivity contribution in [2.75, 3.05) is 5.32 Å². The number of sulfonamides is 1. The monoisotopic (exact) mass is 347 g/mol. The highest BCUT2D eigenvalue weighted by atomic mass is 32.2. The Morgan fingerprint density at radius 2 is 1.88 bits per heavy atom. The Labute approximate surface area is 139 Å². The van der Waals surface area contributed by atoms with Crippen LogP contribution in [-0.4, -0.2) is 20.2 Å². The van der Waals surface area contributed by atoms with E-state index in [1.54, 1.807) is 19.1 Å². The lowest BCUT2D eigenvalue weighted by atomic mass is 10.3. The standard InChI is InChI=1S/C16H16N2O5S/c1-11-3-6-14(23-11)7-10-16(20)17-13-4-8-15(9-5-13)24(21,22)18-12(2)19/h3-10H,1-2H3,(H,17,20)(H,18,19)/p-1. The minimum atomic E-state index is -4.01. The van der Waals surface area contributed by atoms with Crippen molar-refractivity contribution >= 4 is 33.6 Å². The van der Waals surface area contributed by atoms with Gasteiger partial charge in [0.1, 0.15) is 11.5 Å². The normalized spacial score (nSPS) is 12.5. The number of aryl methyl sites for hydroxylation is 1. The van der Waals surface area contributed by atoms with Crippen LogP contribution in [0.25, 0.3) is 6.08 Å². The summed E-state index contributed by atoms with van der Waals surface area (Å²) in [5, 5.41) is 13.4. The number of furan rings is 1. The maximum Gasteiger partial charge on any atom is 0.281 e. The molecule has 0 fully saturated rings. The van der Waals surface area contributed by atoms with E-state index in [1.165, 1.54) is 36.4 Å². The fourth-order valence-electron chi connectivity index (χ4n) is 1.82. The van der Waals surface area contributed by atoms with E-state index in [4.69, 9.17) is 4.42 Å². The molecule has 1 amide bonds. The predicted octanol–water partition coefficient (Wildman–Crippen LogP) is 1.71. The number of carbonyl (C=O) groups is 1. The fourth-order valence-corrected chi connectivity index (χ4v) is 2.74. The zero-order chi connectivity index (χ0) is 17.7. The van der Waals surface area contributed by atoms with Crippen molar-refractivity contribution in [1.82, 2.24) is 0 Å². The maximum absolute atomic E-state index is 11.8. The van der Waals surface area contributed by atoms with E-state index in [0.717, 1.165) is 12.7 Å². The summed E-state index contributed by atoms with van der Waals surface area (Å²) in [6.07, 6.45) is 2.82. The van der Waals surface area contributed by atoms with E-state index in [2.05, 4.69) is 9.71 Å². The summed E-state index contributed by atoms with van der Waals surface area (Å²) in [5.74, 6) is 0.0940. The van der Waals surface area contributed by atoms with E-state index < -0.39 is 21.8 Å². The maximum atomic E-state index is 11.8. The molecule has 2 rings (SSSR count). The number of carbonyl (C=O) groups excluding carboxylic acids is 1. The lowest BCUT2D eigenvalue weighted by Crippen LogP contribution is -2.15. The van der Waals surface area contributed by atoms with E-state index in [0.29, 0.717) is 11.4 Å². The molecule has 0 saturated carbocycles. The SMILES string of the molecule is CC([O-])=NS(=O)(=O)c1ccc(NC(=O)C=Cc2ccc(C)o2)cc1. The highest BCUT2D eigenvalue weighted by Crippen LogP contribution is 2.16. The molecule has 1 heterocycles. The van der Waals surface area contributed by atoms with Gasteiger partial charge in [-0.2, -0.15) is 12.8 Å². The molecule has 0 unspecified atom stereocenters. The first-order valence-corrected chi connectivity index (χ1v) is 8.34. The Hall–Kier alpha value is -2.87. The molecule has 8 heteroatoms. The highest BCUT2D eigenvalue weighted by Gasteiger charge is 2.11. The molecular weight excluding hydrogens is 332 g/mol. The first-order chi connectivity index (χ1) is 11.3. The minimum absolute atomic E-state index is 0.127. The summed E-state index contributed by atoms with van der Waals surface area (Å²) < 4.78 is 31.8. The largest absolute Gasteiger partial charge is 0.861 e. The molecule has 0 spiro atoms. The van der Waals surface area contributed by atoms with Crippen LogP contribution in [0.5, 0.6) is 0 Å². The van der Waals surface area contributed by atoms with Crippen LogP contribution in [0.4, 0.5) is 5.69 Å². The molecule has 1 N–H and O–H groups in total. The van der Waals surface area contributed by atoms with Crippen molar-refractivity contribution in [3.63, 3.8) is 0 Å². The van der Waals surface area contributed by atoms with E-state index in [-0.39, 0.29) is 4.90 Å². The third-order valence-corrected chi connectivity index (χ3v) is 4.19. The molecule has 2 aromatic rings. The van der Waals surface area contributed by atoms with Gasteiger partial charge in [0.05, 0.1) is 4.90 Å². The lowest BCUT2D eigenvalue weighted by molar-refractivity contribution is -0.215. The second-order valence-electron chi connectivity index (χ2n) is 4.88. The van der Waals surface area contributed by atoms with E-state index in [1.807, 2.05) is 0 Å². The second kappa shape index (κ2) is 7.14. The average molecular weight is 347 g/mol. The first-order valence-electron chi connectivity index (χ1n) is 6.90. The number of hydrogen-bond donors (Lipinski definition) is 1. The van der Waals surface area contributed by atoms with E-state index >= 15 is 0 Å². The minimum Gasteiger partial charge on any atom is -0.861 e. The Kier molecular flexibility index (Phi) is 5.20. The van der Waals surface area contributed by atoms with Gasteiger partial charge in [-0.3, -0.25) is 4.79 Å². The van der Waals surface area contributed by atoms with Gasteiger partial charge in [0.15, 0.2) is 0 Å². The van der Waals surface area contributed by atoms with E-state index in [9.17, 15) is 18.3 Å². The van der Waals surface area contributed by atoms with Crippen LogP contribution in [0.1, 0.15) is 18.4 Å². The van der Waals surface area contributed by atoms with Gasteiger partial charge in [0.2, 0.25) is 5.91 Å². The van der Waals surface area contributed by atoms with Crippen molar-refractivity contribution in [1.29, 1.82) is 0 Å². The highest BCUT2D eigenvalue weighted by molar-refractivity contribution is 7.90. The topological polar surface area (TPSA) is 112 Å². The molecule has 0 atom stereocenters. The van der Waals surface area contributed by atoms with Crippen LogP contribution in [0, 0.1) is 6.92 Å². The Morgan fingerprint density at radius 3 is 2.42 bits per heavy atom. The van der Waals surface area contributed by atoms with Crippen molar-refractivity contribution in [2.24, 2.45) is 4.40 Å². The third kappa shape index (κ3) is 4.82. The van der Waals surface area contributed by atoms with Gasteiger partial charge < -0.3 is 14.8 Å². The molecule has 0 aliphatic heterocycles. The predicted molar refractivity (Wildman–Crippen MR) is 87.8 cm³/mol. The zero-order valence-corrected chi connectivity index (χ0v) is 13.8. The summed E-state index contributed by atoms with van der Waals surface area (Å²) in [6, 6.07) is 8.85. The van der Waals surface area contributed by atoms with Crippen LogP contribution in [-0.2, 0) is 14.8 Å². The van der Waals surface area contributed by atoms with Crippen molar-refractivity contribution in [3.8, 4) is 0 Å². The van der Waals surface area contributed by atoms with Gasteiger partial charge in [0, 0.05) is 11.8 Å². The van der Waals surface area contributed by atoms with Crippen LogP contribution < -0.4 is 10.4 Å². The molecule has 126 valence electrons. The molecular formula is C16H15N2O5S-. The first kappa shape index (κ1) is 17.5. The molecule has 0 saturated heterocycles. The van der Waals surface area contributed by atoms with Crippen molar-refractivity contribution in [2.45, 2.75) is 18.7 Å². The number of amides is 1. The Balaban J connectivity index is 2.05. The van der Waals surface area contributed by atoms with Gasteiger partial charge in [-0.25, -0.2) is 0 Å². The second-order valence-corrected chi connectivity index (χ2v) is 6.48. The van der Waals surface area contributed by atoms with Crippen molar-refractivity contribution in [3.05, 3.63) is 54.0 Å². The number of rotatable bonds is 5. The average Bonchev–Trinajstić information content (AvgIpc) is 2.90. The number of benzene rings is 1. The summed E-state index contributed by atoms with van der Waals surface area (Å²) in [6.45, 7) is 2.85. The van der Waals surface area contributed by atoms with Gasteiger partial charge in [-0.05, 0) is 62.2 Å². The van der Waals surface area contributed by atoms with Gasteiger partial charge in [0.25, 0.3) is 10.0 Å². The van der Waals surface area contributed by atoms with Crippen LogP contribution in [0.15, 0.2) is 56.2 Å².